The van der Waals surface area contributed by atoms with Crippen LogP contribution in [0.4, 0.5) is 10.5 Å². The minimum absolute atomic E-state index is 0.0719. The summed E-state index contributed by atoms with van der Waals surface area (Å²) in [6, 6.07) is 5.68. The Morgan fingerprint density at radius 3 is 2.91 bits per heavy atom. The second kappa shape index (κ2) is 7.21. The van der Waals surface area contributed by atoms with Crippen molar-refractivity contribution in [2.24, 2.45) is 5.92 Å². The number of likely N-dealkylation sites (tertiary alicyclic amines) is 1. The lowest BCUT2D eigenvalue weighted by Gasteiger charge is -2.33. The van der Waals surface area contributed by atoms with Crippen LogP contribution in [0.15, 0.2) is 18.2 Å². The molecule has 5 heteroatoms. The molecule has 0 bridgehead atoms. The summed E-state index contributed by atoms with van der Waals surface area (Å²) in [7, 11) is 1.62. The van der Waals surface area contributed by atoms with Crippen LogP contribution in [0.2, 0.25) is 0 Å². The lowest BCUT2D eigenvalue weighted by Crippen LogP contribution is -2.45. The number of benzene rings is 1. The number of carbonyl (C=O) groups excluding carboxylic acids is 1. The fourth-order valence-electron chi connectivity index (χ4n) is 2.97. The van der Waals surface area contributed by atoms with Crippen molar-refractivity contribution in [3.05, 3.63) is 23.8 Å². The summed E-state index contributed by atoms with van der Waals surface area (Å²) < 4.78 is 11.3. The molecule has 1 atom stereocenters. The highest BCUT2D eigenvalue weighted by Gasteiger charge is 2.28. The Hall–Kier alpha value is -1.75. The molecule has 0 aromatic heterocycles. The predicted octanol–water partition coefficient (Wildman–Crippen LogP) is 3.43. The number of piperidine rings is 1. The van der Waals surface area contributed by atoms with E-state index in [0.717, 1.165) is 43.2 Å². The molecule has 1 aliphatic heterocycles. The number of para-hydroxylation sites is 1. The van der Waals surface area contributed by atoms with Crippen molar-refractivity contribution in [3.63, 3.8) is 0 Å². The number of methoxy groups -OCH3 is 1. The third-order valence-corrected chi connectivity index (χ3v) is 4.62. The van der Waals surface area contributed by atoms with Gasteiger partial charge in [0, 0.05) is 19.7 Å². The van der Waals surface area contributed by atoms with Crippen LogP contribution >= 0.6 is 0 Å². The maximum atomic E-state index is 12.6. The summed E-state index contributed by atoms with van der Waals surface area (Å²) in [4.78, 5) is 14.4. The molecule has 2 aliphatic rings. The zero-order valence-corrected chi connectivity index (χ0v) is 14.0. The highest BCUT2D eigenvalue weighted by Crippen LogP contribution is 2.30. The van der Waals surface area contributed by atoms with E-state index in [2.05, 4.69) is 5.32 Å². The van der Waals surface area contributed by atoms with Gasteiger partial charge in [0.15, 0.2) is 0 Å². The molecule has 5 nitrogen and oxygen atoms in total. The van der Waals surface area contributed by atoms with E-state index in [-0.39, 0.29) is 12.1 Å². The Morgan fingerprint density at radius 1 is 1.35 bits per heavy atom. The van der Waals surface area contributed by atoms with Gasteiger partial charge in [0.1, 0.15) is 5.75 Å². The van der Waals surface area contributed by atoms with E-state index < -0.39 is 0 Å². The molecular weight excluding hydrogens is 292 g/mol. The van der Waals surface area contributed by atoms with Crippen LogP contribution in [0.1, 0.15) is 31.2 Å². The number of hydrogen-bond donors (Lipinski definition) is 1. The first-order valence-electron chi connectivity index (χ1n) is 8.48. The molecule has 23 heavy (non-hydrogen) atoms. The van der Waals surface area contributed by atoms with Gasteiger partial charge in [-0.05, 0) is 50.2 Å². The summed E-state index contributed by atoms with van der Waals surface area (Å²) in [6.07, 6.45) is 4.81. The molecule has 1 aromatic carbocycles. The topological polar surface area (TPSA) is 50.8 Å². The highest BCUT2D eigenvalue weighted by atomic mass is 16.5. The van der Waals surface area contributed by atoms with E-state index in [9.17, 15) is 4.79 Å². The summed E-state index contributed by atoms with van der Waals surface area (Å²) >= 11 is 0. The van der Waals surface area contributed by atoms with E-state index in [4.69, 9.17) is 9.47 Å². The van der Waals surface area contributed by atoms with Gasteiger partial charge in [-0.1, -0.05) is 12.1 Å². The van der Waals surface area contributed by atoms with Gasteiger partial charge in [0.2, 0.25) is 0 Å². The lowest BCUT2D eigenvalue weighted by atomic mass is 10.1. The number of urea groups is 1. The lowest BCUT2D eigenvalue weighted by molar-refractivity contribution is 0.00597. The largest absolute Gasteiger partial charge is 0.495 e. The quantitative estimate of drug-likeness (QED) is 0.905. The second-order valence-electron chi connectivity index (χ2n) is 6.57. The maximum Gasteiger partial charge on any atom is 0.322 e. The van der Waals surface area contributed by atoms with Gasteiger partial charge < -0.3 is 19.7 Å². The first kappa shape index (κ1) is 16.1. The average molecular weight is 318 g/mol. The van der Waals surface area contributed by atoms with E-state index >= 15 is 0 Å². The van der Waals surface area contributed by atoms with Crippen LogP contribution in [0.3, 0.4) is 0 Å². The molecule has 0 unspecified atom stereocenters. The van der Waals surface area contributed by atoms with Crippen LogP contribution in [0, 0.1) is 12.8 Å². The van der Waals surface area contributed by atoms with Crippen molar-refractivity contribution in [3.8, 4) is 5.75 Å². The van der Waals surface area contributed by atoms with Crippen LogP contribution < -0.4 is 10.1 Å². The zero-order valence-electron chi connectivity index (χ0n) is 14.0. The van der Waals surface area contributed by atoms with Gasteiger partial charge in [0.05, 0.1) is 18.9 Å². The minimum atomic E-state index is -0.0719. The predicted molar refractivity (Wildman–Crippen MR) is 90.0 cm³/mol. The molecule has 1 aromatic rings. The molecule has 2 fully saturated rings. The third-order valence-electron chi connectivity index (χ3n) is 4.62. The number of amides is 2. The zero-order chi connectivity index (χ0) is 16.2. The first-order chi connectivity index (χ1) is 11.2. The van der Waals surface area contributed by atoms with Gasteiger partial charge in [-0.25, -0.2) is 4.79 Å². The number of aryl methyl sites for hydroxylation is 1. The van der Waals surface area contributed by atoms with Crippen LogP contribution in [0.25, 0.3) is 0 Å². The Kier molecular flexibility index (Phi) is 5.06. The number of nitrogens with one attached hydrogen (secondary N) is 1. The molecule has 1 saturated carbocycles. The Balaban J connectivity index is 1.58. The number of anilines is 1. The molecule has 1 heterocycles. The number of rotatable bonds is 5. The molecule has 2 amide bonds. The smallest absolute Gasteiger partial charge is 0.322 e. The molecule has 3 rings (SSSR count). The first-order valence-corrected chi connectivity index (χ1v) is 8.48. The normalized spacial score (nSPS) is 21.1. The van der Waals surface area contributed by atoms with Crippen molar-refractivity contribution < 1.29 is 14.3 Å². The third kappa shape index (κ3) is 4.16. The number of carbonyl (C=O) groups is 1. The number of nitrogens with zero attached hydrogens (tertiary/aromatic N) is 1. The molecule has 1 aliphatic carbocycles. The molecule has 0 spiro atoms. The van der Waals surface area contributed by atoms with Crippen molar-refractivity contribution >= 4 is 11.7 Å². The Bertz CT molecular complexity index is 557. The van der Waals surface area contributed by atoms with Gasteiger partial charge in [-0.15, -0.1) is 0 Å². The van der Waals surface area contributed by atoms with Crippen LogP contribution in [-0.2, 0) is 4.74 Å². The molecular formula is C18H26N2O3. The monoisotopic (exact) mass is 318 g/mol. The van der Waals surface area contributed by atoms with Crippen molar-refractivity contribution in [2.45, 2.75) is 38.7 Å². The minimum Gasteiger partial charge on any atom is -0.495 e. The van der Waals surface area contributed by atoms with Gasteiger partial charge in [-0.3, -0.25) is 0 Å². The Labute approximate surface area is 137 Å². The van der Waals surface area contributed by atoms with E-state index in [1.54, 1.807) is 7.11 Å². The molecule has 1 N–H and O–H groups in total. The number of ether oxygens (including phenoxy) is 2. The molecule has 0 radical (unpaired) electrons. The summed E-state index contributed by atoms with van der Waals surface area (Å²) in [6.45, 7) is 4.28. The SMILES string of the molecule is COc1cccc(C)c1NC(=O)N1CCC[C@H](OCC2CC2)C1. The van der Waals surface area contributed by atoms with E-state index in [0.29, 0.717) is 12.3 Å². The maximum absolute atomic E-state index is 12.6. The van der Waals surface area contributed by atoms with Crippen LogP contribution in [-0.4, -0.2) is 43.8 Å². The van der Waals surface area contributed by atoms with E-state index in [1.807, 2.05) is 30.0 Å². The van der Waals surface area contributed by atoms with Gasteiger partial charge >= 0.3 is 6.03 Å². The summed E-state index contributed by atoms with van der Waals surface area (Å²) in [5, 5.41) is 3.00. The van der Waals surface area contributed by atoms with Crippen molar-refractivity contribution in [1.82, 2.24) is 4.90 Å². The van der Waals surface area contributed by atoms with Crippen molar-refractivity contribution in [1.29, 1.82) is 0 Å². The average Bonchev–Trinajstić information content (AvgIpc) is 3.39. The van der Waals surface area contributed by atoms with Gasteiger partial charge in [-0.2, -0.15) is 0 Å². The number of hydrogen-bond acceptors (Lipinski definition) is 3. The molecule has 126 valence electrons. The summed E-state index contributed by atoms with van der Waals surface area (Å²) in [5.41, 5.74) is 1.75. The van der Waals surface area contributed by atoms with Gasteiger partial charge in [0.25, 0.3) is 0 Å². The fraction of sp³-hybridized carbons (Fsp3) is 0.611. The highest BCUT2D eigenvalue weighted by molar-refractivity contribution is 5.92. The standard InChI is InChI=1S/C18H26N2O3/c1-13-5-3-7-16(22-2)17(13)19-18(21)20-10-4-6-15(11-20)23-12-14-8-9-14/h3,5,7,14-15H,4,6,8-12H2,1-2H3,(H,19,21)/t15-/m0/s1. The second-order valence-corrected chi connectivity index (χ2v) is 6.57. The van der Waals surface area contributed by atoms with Crippen LogP contribution in [0.5, 0.6) is 5.75 Å². The van der Waals surface area contributed by atoms with E-state index in [1.165, 1.54) is 12.8 Å². The van der Waals surface area contributed by atoms with Crippen molar-refractivity contribution in [2.75, 3.05) is 32.1 Å². The fourth-order valence-corrected chi connectivity index (χ4v) is 2.97. The Morgan fingerprint density at radius 2 is 2.17 bits per heavy atom. The summed E-state index contributed by atoms with van der Waals surface area (Å²) in [5.74, 6) is 1.45. The molecule has 1 saturated heterocycles.